The van der Waals surface area contributed by atoms with Crippen LogP contribution in [0, 0.1) is 0 Å². The van der Waals surface area contributed by atoms with Gasteiger partial charge in [-0.25, -0.2) is 15.0 Å². The first-order valence-electron chi connectivity index (χ1n) is 22.1. The number of rotatable bonds is 5. The van der Waals surface area contributed by atoms with Gasteiger partial charge in [-0.2, -0.15) is 0 Å². The quantitative estimate of drug-likeness (QED) is 0.185. The highest BCUT2D eigenvalue weighted by atomic mass is 16.3. The van der Waals surface area contributed by atoms with E-state index in [1.165, 1.54) is 16.7 Å². The Hall–Kier alpha value is -6.85. The molecule has 0 atom stereocenters. The van der Waals surface area contributed by atoms with Crippen LogP contribution in [0.5, 0.6) is 0 Å². The number of benzene rings is 7. The van der Waals surface area contributed by atoms with E-state index in [0.717, 1.165) is 0 Å². The molecule has 3 aromatic heterocycles. The number of fused-ring (bicyclic) bond motifs is 6. The van der Waals surface area contributed by atoms with Gasteiger partial charge in [-0.15, -0.1) is 0 Å². The minimum absolute atomic E-state index is 0.0170. The Labute approximate surface area is 306 Å². The molecule has 0 aliphatic carbocycles. The summed E-state index contributed by atoms with van der Waals surface area (Å²) in [6.07, 6.45) is 0. The number of nitrogens with zero attached hydrogens (tertiary/aromatic N) is 4. The average molecular weight is 654 g/mol. The van der Waals surface area contributed by atoms with Gasteiger partial charge in [0.15, 0.2) is 17.5 Å². The lowest BCUT2D eigenvalue weighted by Gasteiger charge is -2.16. The number of para-hydroxylation sites is 4. The van der Waals surface area contributed by atoms with E-state index in [4.69, 9.17) is 33.1 Å². The Balaban J connectivity index is 1.39. The summed E-state index contributed by atoms with van der Waals surface area (Å²) in [7, 11) is 0. The summed E-state index contributed by atoms with van der Waals surface area (Å²) in [6.45, 7) is 0. The van der Waals surface area contributed by atoms with Crippen LogP contribution in [-0.4, -0.2) is 19.5 Å². The van der Waals surface area contributed by atoms with Gasteiger partial charge in [0.2, 0.25) is 0 Å². The summed E-state index contributed by atoms with van der Waals surface area (Å²) >= 11 is 0. The molecule has 10 aromatic rings. The van der Waals surface area contributed by atoms with Gasteiger partial charge in [0.05, 0.1) is 34.5 Å². The predicted octanol–water partition coefficient (Wildman–Crippen LogP) is 11.5. The van der Waals surface area contributed by atoms with Gasteiger partial charge in [0.1, 0.15) is 11.2 Å². The monoisotopic (exact) mass is 653 g/mol. The summed E-state index contributed by atoms with van der Waals surface area (Å²) in [5, 5.41) is -0.142. The first-order valence-corrected chi connectivity index (χ1v) is 15.6. The van der Waals surface area contributed by atoms with Crippen LogP contribution in [0.2, 0.25) is 0 Å². The van der Waals surface area contributed by atoms with E-state index in [0.29, 0.717) is 11.1 Å². The van der Waals surface area contributed by atoms with Gasteiger partial charge in [-0.3, -0.25) is 0 Å². The van der Waals surface area contributed by atoms with Crippen molar-refractivity contribution in [1.29, 1.82) is 0 Å². The zero-order chi connectivity index (χ0) is 44.3. The van der Waals surface area contributed by atoms with Crippen molar-refractivity contribution >= 4 is 43.7 Å². The molecule has 5 nitrogen and oxygen atoms in total. The standard InChI is InChI=1S/C45H28N4O/c1-3-14-29(15-4-1)43-46-44(30-16-5-2-6-17-30)48-45(47-43)37-28-31(32-21-13-22-36-35-20-9-12-25-41(35)50-42(32)36)26-27-40(37)49-38-23-10-7-18-33(38)34-19-8-11-24-39(34)49/h1-28H/i7D,8D,9D,12D,13D,18D,19D,20D,21D,22D,23D,24D,25D. The molecule has 5 heteroatoms. The lowest BCUT2D eigenvalue weighted by Crippen LogP contribution is -2.04. The summed E-state index contributed by atoms with van der Waals surface area (Å²) < 4.78 is 122. The number of hydrogen-bond acceptors (Lipinski definition) is 4. The van der Waals surface area contributed by atoms with Crippen molar-refractivity contribution < 1.29 is 22.2 Å². The maximum atomic E-state index is 9.23. The largest absolute Gasteiger partial charge is 0.455 e. The van der Waals surface area contributed by atoms with Gasteiger partial charge in [-0.1, -0.05) is 139 Å². The fraction of sp³-hybridized carbons (Fsp3) is 0. The molecule has 0 saturated carbocycles. The fourth-order valence-corrected chi connectivity index (χ4v) is 6.28. The number of aromatic nitrogens is 4. The van der Waals surface area contributed by atoms with Crippen molar-refractivity contribution in [2.24, 2.45) is 0 Å². The highest BCUT2D eigenvalue weighted by molar-refractivity contribution is 6.11. The Bertz CT molecular complexity index is 3480. The van der Waals surface area contributed by atoms with Crippen LogP contribution in [0.25, 0.3) is 94.7 Å². The molecule has 0 saturated heterocycles. The molecule has 0 fully saturated rings. The van der Waals surface area contributed by atoms with E-state index in [9.17, 15) is 4.11 Å². The van der Waals surface area contributed by atoms with Crippen LogP contribution < -0.4 is 0 Å². The molecule has 0 bridgehead atoms. The van der Waals surface area contributed by atoms with E-state index >= 15 is 0 Å². The normalized spacial score (nSPS) is 15.2. The third-order valence-corrected chi connectivity index (χ3v) is 8.53. The third kappa shape index (κ3) is 4.52. The average Bonchev–Trinajstić information content (AvgIpc) is 3.87. The molecule has 0 N–H and O–H groups in total. The minimum atomic E-state index is -0.558. The summed E-state index contributed by atoms with van der Waals surface area (Å²) in [5.41, 5.74) is 1.69. The van der Waals surface area contributed by atoms with E-state index in [1.54, 1.807) is 18.2 Å². The lowest BCUT2D eigenvalue weighted by atomic mass is 9.98. The second-order valence-electron chi connectivity index (χ2n) is 11.4. The number of hydrogen-bond donors (Lipinski definition) is 0. The van der Waals surface area contributed by atoms with Crippen LogP contribution in [0.3, 0.4) is 0 Å². The molecule has 7 aromatic carbocycles. The third-order valence-electron chi connectivity index (χ3n) is 8.53. The van der Waals surface area contributed by atoms with Gasteiger partial charge < -0.3 is 8.98 Å². The van der Waals surface area contributed by atoms with Crippen molar-refractivity contribution in [2.75, 3.05) is 0 Å². The van der Waals surface area contributed by atoms with E-state index in [1.807, 2.05) is 60.7 Å². The first-order chi connectivity index (χ1) is 30.2. The van der Waals surface area contributed by atoms with Crippen molar-refractivity contribution in [3.8, 4) is 51.0 Å². The second kappa shape index (κ2) is 11.4. The SMILES string of the molecule is [2H]c1cc([2H])c2c(c1[2H])c1c([2H])c([2H])cc([2H])c1n2-c1ccc(-c2c([2H])c([2H])c([2H])c3c2oc2c([2H])c([2H])c([2H])c([2H])c23)cc1-c1nc(-c2ccccc2)nc(-c2ccccc2)n1. The predicted molar refractivity (Wildman–Crippen MR) is 203 cm³/mol. The fourth-order valence-electron chi connectivity index (χ4n) is 6.28. The molecule has 0 radical (unpaired) electrons. The first kappa shape index (κ1) is 18.1. The van der Waals surface area contributed by atoms with Crippen LogP contribution in [0.4, 0.5) is 0 Å². The van der Waals surface area contributed by atoms with Crippen molar-refractivity contribution in [3.05, 3.63) is 170 Å². The smallest absolute Gasteiger partial charge is 0.166 e. The molecule has 234 valence electrons. The molecular weight excluding hydrogens is 613 g/mol. The maximum absolute atomic E-state index is 9.23. The van der Waals surface area contributed by atoms with Crippen molar-refractivity contribution in [1.82, 2.24) is 19.5 Å². The lowest BCUT2D eigenvalue weighted by molar-refractivity contribution is 0.670. The van der Waals surface area contributed by atoms with Gasteiger partial charge >= 0.3 is 0 Å². The Morgan fingerprint density at radius 3 is 1.74 bits per heavy atom. The molecule has 0 aliphatic heterocycles. The summed E-state index contributed by atoms with van der Waals surface area (Å²) in [4.78, 5) is 14.8. The molecule has 10 rings (SSSR count). The van der Waals surface area contributed by atoms with Gasteiger partial charge in [0, 0.05) is 43.8 Å². The molecule has 0 aliphatic rings. The van der Waals surface area contributed by atoms with Gasteiger partial charge in [0.25, 0.3) is 0 Å². The molecule has 0 unspecified atom stereocenters. The molecule has 3 heterocycles. The van der Waals surface area contributed by atoms with E-state index < -0.39 is 42.3 Å². The maximum Gasteiger partial charge on any atom is 0.166 e. The van der Waals surface area contributed by atoms with Crippen LogP contribution in [0.15, 0.2) is 174 Å². The van der Waals surface area contributed by atoms with Crippen LogP contribution in [0.1, 0.15) is 17.8 Å². The Morgan fingerprint density at radius 1 is 0.460 bits per heavy atom. The summed E-state index contributed by atoms with van der Waals surface area (Å²) in [5.74, 6) is 0.613. The topological polar surface area (TPSA) is 56.7 Å². The highest BCUT2D eigenvalue weighted by Crippen LogP contribution is 2.41. The molecular formula is C45H28N4O. The summed E-state index contributed by atoms with van der Waals surface area (Å²) in [6, 6.07) is 20.4. The second-order valence-corrected chi connectivity index (χ2v) is 11.4. The number of furan rings is 1. The van der Waals surface area contributed by atoms with Gasteiger partial charge in [-0.05, 0) is 35.8 Å². The highest BCUT2D eigenvalue weighted by Gasteiger charge is 2.21. The van der Waals surface area contributed by atoms with E-state index in [2.05, 4.69) is 0 Å². The molecule has 0 spiro atoms. The molecule has 50 heavy (non-hydrogen) atoms. The zero-order valence-electron chi connectivity index (χ0n) is 38.9. The Kier molecular flexibility index (Phi) is 4.12. The molecule has 0 amide bonds. The van der Waals surface area contributed by atoms with Crippen LogP contribution in [-0.2, 0) is 0 Å². The minimum Gasteiger partial charge on any atom is -0.455 e. The van der Waals surface area contributed by atoms with Crippen LogP contribution >= 0.6 is 0 Å². The Morgan fingerprint density at radius 2 is 1.06 bits per heavy atom. The van der Waals surface area contributed by atoms with Crippen molar-refractivity contribution in [3.63, 3.8) is 0 Å². The zero-order valence-corrected chi connectivity index (χ0v) is 25.9. The van der Waals surface area contributed by atoms with E-state index in [-0.39, 0.29) is 120 Å². The van der Waals surface area contributed by atoms with Crippen molar-refractivity contribution in [2.45, 2.75) is 0 Å².